The van der Waals surface area contributed by atoms with E-state index in [0.29, 0.717) is 26.3 Å². The summed E-state index contributed by atoms with van der Waals surface area (Å²) in [5, 5.41) is 8.44. The van der Waals surface area contributed by atoms with Crippen LogP contribution in [-0.2, 0) is 21.4 Å². The van der Waals surface area contributed by atoms with Gasteiger partial charge in [-0.3, -0.25) is 4.79 Å². The van der Waals surface area contributed by atoms with Crippen LogP contribution in [0, 0.1) is 5.82 Å². The maximum atomic E-state index is 13.3. The van der Waals surface area contributed by atoms with E-state index in [0.717, 1.165) is 24.8 Å². The van der Waals surface area contributed by atoms with E-state index < -0.39 is 0 Å². The molecule has 4 nitrogen and oxygen atoms in total. The van der Waals surface area contributed by atoms with Crippen LogP contribution in [0.4, 0.5) is 4.39 Å². The maximum absolute atomic E-state index is 13.3. The average Bonchev–Trinajstić information content (AvgIpc) is 3.21. The van der Waals surface area contributed by atoms with Crippen molar-refractivity contribution in [3.05, 3.63) is 58.0 Å². The number of ether oxygens (including phenoxy) is 1. The lowest BCUT2D eigenvalue weighted by Gasteiger charge is -2.38. The van der Waals surface area contributed by atoms with Crippen molar-refractivity contribution in [1.29, 1.82) is 0 Å². The van der Waals surface area contributed by atoms with Crippen LogP contribution in [-0.4, -0.2) is 38.3 Å². The van der Waals surface area contributed by atoms with E-state index in [1.165, 1.54) is 17.0 Å². The summed E-state index contributed by atoms with van der Waals surface area (Å²) in [5.74, 6) is -0.222. The fourth-order valence-electron chi connectivity index (χ4n) is 3.49. The molecule has 2 heterocycles. The minimum absolute atomic E-state index is 0.00729. The van der Waals surface area contributed by atoms with Gasteiger partial charge in [-0.05, 0) is 55.3 Å². The summed E-state index contributed by atoms with van der Waals surface area (Å²) >= 11 is 1.70. The van der Waals surface area contributed by atoms with Gasteiger partial charge >= 0.3 is 0 Å². The summed E-state index contributed by atoms with van der Waals surface area (Å²) in [6.45, 7) is 4.56. The van der Waals surface area contributed by atoms with Gasteiger partial charge in [0, 0.05) is 36.6 Å². The highest BCUT2D eigenvalue weighted by atomic mass is 32.1. The topological polar surface area (TPSA) is 50.4 Å². The molecular formula is C21H27FN2O2S. The van der Waals surface area contributed by atoms with Crippen molar-refractivity contribution in [2.45, 2.75) is 37.6 Å². The molecule has 146 valence electrons. The minimum atomic E-state index is -0.284. The molecule has 0 saturated carbocycles. The Hall–Kier alpha value is -1.76. The van der Waals surface area contributed by atoms with E-state index in [1.54, 1.807) is 11.3 Å². The number of carbonyl (C=O) groups excluding carboxylic acids is 1. The fraction of sp³-hybridized carbons (Fsp3) is 0.476. The standard InChI is InChI=1S/C21H27FN2O2S/c1-16(20(25)23-11-8-19-3-2-14-27-19)24-15-21(9-12-26-13-10-21)17-4-6-18(22)7-5-17/h2-7,14,16,24H,8-13,15H2,1H3,(H,23,25). The summed E-state index contributed by atoms with van der Waals surface area (Å²) < 4.78 is 18.9. The molecule has 1 aromatic heterocycles. The lowest BCUT2D eigenvalue weighted by molar-refractivity contribution is -0.122. The van der Waals surface area contributed by atoms with Crippen LogP contribution in [0.5, 0.6) is 0 Å². The molecule has 1 aliphatic heterocycles. The SMILES string of the molecule is CC(NCC1(c2ccc(F)cc2)CCOCC1)C(=O)NCCc1cccs1. The van der Waals surface area contributed by atoms with Crippen LogP contribution >= 0.6 is 11.3 Å². The molecule has 6 heteroatoms. The molecule has 1 fully saturated rings. The van der Waals surface area contributed by atoms with Gasteiger partial charge in [0.1, 0.15) is 5.82 Å². The molecule has 0 bridgehead atoms. The van der Waals surface area contributed by atoms with Gasteiger partial charge in [-0.15, -0.1) is 11.3 Å². The first-order chi connectivity index (χ1) is 13.1. The Labute approximate surface area is 164 Å². The van der Waals surface area contributed by atoms with Crippen molar-refractivity contribution >= 4 is 17.2 Å². The largest absolute Gasteiger partial charge is 0.381 e. The second-order valence-corrected chi connectivity index (χ2v) is 8.15. The molecule has 1 amide bonds. The first kappa shape index (κ1) is 20.0. The number of carbonyl (C=O) groups is 1. The van der Waals surface area contributed by atoms with Gasteiger partial charge < -0.3 is 15.4 Å². The van der Waals surface area contributed by atoms with Gasteiger partial charge in [-0.25, -0.2) is 4.39 Å². The maximum Gasteiger partial charge on any atom is 0.236 e. The van der Waals surface area contributed by atoms with Crippen LogP contribution in [0.3, 0.4) is 0 Å². The molecule has 1 aliphatic rings. The smallest absolute Gasteiger partial charge is 0.236 e. The zero-order chi connectivity index (χ0) is 19.1. The summed E-state index contributed by atoms with van der Waals surface area (Å²) in [6.07, 6.45) is 2.57. The average molecular weight is 391 g/mol. The molecule has 1 aromatic carbocycles. The van der Waals surface area contributed by atoms with Crippen LogP contribution in [0.25, 0.3) is 0 Å². The Morgan fingerprint density at radius 1 is 1.26 bits per heavy atom. The van der Waals surface area contributed by atoms with Crippen molar-refractivity contribution in [2.24, 2.45) is 0 Å². The third kappa shape index (κ3) is 5.37. The number of halogens is 1. The van der Waals surface area contributed by atoms with Crippen molar-refractivity contribution < 1.29 is 13.9 Å². The molecular weight excluding hydrogens is 363 g/mol. The van der Waals surface area contributed by atoms with Gasteiger partial charge in [0.05, 0.1) is 6.04 Å². The quantitative estimate of drug-likeness (QED) is 0.727. The molecule has 2 N–H and O–H groups in total. The molecule has 0 aliphatic carbocycles. The highest BCUT2D eigenvalue weighted by molar-refractivity contribution is 7.09. The Morgan fingerprint density at radius 2 is 2.00 bits per heavy atom. The van der Waals surface area contributed by atoms with Crippen LogP contribution in [0.15, 0.2) is 41.8 Å². The monoisotopic (exact) mass is 390 g/mol. The number of nitrogens with one attached hydrogen (secondary N) is 2. The second-order valence-electron chi connectivity index (χ2n) is 7.12. The number of rotatable bonds is 8. The predicted molar refractivity (Wildman–Crippen MR) is 107 cm³/mol. The highest BCUT2D eigenvalue weighted by Gasteiger charge is 2.35. The van der Waals surface area contributed by atoms with Gasteiger partial charge in [-0.2, -0.15) is 0 Å². The van der Waals surface area contributed by atoms with E-state index in [9.17, 15) is 9.18 Å². The summed E-state index contributed by atoms with van der Waals surface area (Å²) in [4.78, 5) is 13.7. The molecule has 2 aromatic rings. The van der Waals surface area contributed by atoms with E-state index in [2.05, 4.69) is 16.7 Å². The van der Waals surface area contributed by atoms with Crippen molar-refractivity contribution in [3.63, 3.8) is 0 Å². The lowest BCUT2D eigenvalue weighted by Crippen LogP contribution is -2.49. The predicted octanol–water partition coefficient (Wildman–Crippen LogP) is 3.27. The molecule has 1 saturated heterocycles. The van der Waals surface area contributed by atoms with Crippen molar-refractivity contribution in [2.75, 3.05) is 26.3 Å². The number of hydrogen-bond donors (Lipinski definition) is 2. The summed E-state index contributed by atoms with van der Waals surface area (Å²) in [6, 6.07) is 10.5. The van der Waals surface area contributed by atoms with Gasteiger partial charge in [0.2, 0.25) is 5.91 Å². The van der Waals surface area contributed by atoms with E-state index in [-0.39, 0.29) is 23.2 Å². The van der Waals surface area contributed by atoms with Gasteiger partial charge in [-0.1, -0.05) is 18.2 Å². The fourth-order valence-corrected chi connectivity index (χ4v) is 4.20. The third-order valence-corrected chi connectivity index (χ3v) is 6.23. The zero-order valence-corrected chi connectivity index (χ0v) is 16.5. The first-order valence-electron chi connectivity index (χ1n) is 9.46. The highest BCUT2D eigenvalue weighted by Crippen LogP contribution is 2.34. The third-order valence-electron chi connectivity index (χ3n) is 5.30. The Balaban J connectivity index is 1.54. The molecule has 0 spiro atoms. The number of benzene rings is 1. The number of hydrogen-bond acceptors (Lipinski definition) is 4. The van der Waals surface area contributed by atoms with Gasteiger partial charge in [0.15, 0.2) is 0 Å². The first-order valence-corrected chi connectivity index (χ1v) is 10.3. The molecule has 27 heavy (non-hydrogen) atoms. The summed E-state index contributed by atoms with van der Waals surface area (Å²) in [7, 11) is 0. The molecule has 3 rings (SSSR count). The Kier molecular flexibility index (Phi) is 6.99. The minimum Gasteiger partial charge on any atom is -0.381 e. The number of amides is 1. The Bertz CT molecular complexity index is 712. The Morgan fingerprint density at radius 3 is 2.67 bits per heavy atom. The van der Waals surface area contributed by atoms with Crippen molar-refractivity contribution in [1.82, 2.24) is 10.6 Å². The van der Waals surface area contributed by atoms with Crippen molar-refractivity contribution in [3.8, 4) is 0 Å². The summed E-state index contributed by atoms with van der Waals surface area (Å²) in [5.41, 5.74) is 0.974. The molecule has 0 radical (unpaired) electrons. The van der Waals surface area contributed by atoms with E-state index >= 15 is 0 Å². The zero-order valence-electron chi connectivity index (χ0n) is 15.7. The van der Waals surface area contributed by atoms with Crippen LogP contribution in [0.1, 0.15) is 30.2 Å². The van der Waals surface area contributed by atoms with E-state index in [1.807, 2.05) is 30.5 Å². The number of thiophene rings is 1. The molecule has 1 unspecified atom stereocenters. The second kappa shape index (κ2) is 9.44. The molecule has 1 atom stereocenters. The normalized spacial score (nSPS) is 17.4. The van der Waals surface area contributed by atoms with E-state index in [4.69, 9.17) is 4.74 Å². The lowest BCUT2D eigenvalue weighted by atomic mass is 9.74. The van der Waals surface area contributed by atoms with Crippen LogP contribution in [0.2, 0.25) is 0 Å². The van der Waals surface area contributed by atoms with Crippen LogP contribution < -0.4 is 10.6 Å². The van der Waals surface area contributed by atoms with Gasteiger partial charge in [0.25, 0.3) is 0 Å².